The highest BCUT2D eigenvalue weighted by molar-refractivity contribution is 5.12. The normalized spacial score (nSPS) is 45.3. The Hall–Kier alpha value is -0.820. The molecule has 0 amide bonds. The molecule has 0 N–H and O–H groups in total. The third-order valence-electron chi connectivity index (χ3n) is 3.81. The quantitative estimate of drug-likeness (QED) is 0.548. The molecule has 0 aromatic heterocycles. The predicted octanol–water partition coefficient (Wildman–Crippen LogP) is 3.24. The summed E-state index contributed by atoms with van der Waals surface area (Å²) in [6.07, 6.45) is 19.3. The molecule has 0 aromatic carbocycles. The topological polar surface area (TPSA) is 9.23 Å². The van der Waals surface area contributed by atoms with Crippen LogP contribution in [0, 0.1) is 11.8 Å². The van der Waals surface area contributed by atoms with Gasteiger partial charge in [0.25, 0.3) is 0 Å². The van der Waals surface area contributed by atoms with Crippen LogP contribution in [0.5, 0.6) is 0 Å². The summed E-state index contributed by atoms with van der Waals surface area (Å²) in [4.78, 5) is 0. The molecule has 0 saturated carbocycles. The largest absolute Gasteiger partial charge is 0.366 e. The summed E-state index contributed by atoms with van der Waals surface area (Å²) in [6.45, 7) is 0. The summed E-state index contributed by atoms with van der Waals surface area (Å²) in [5.74, 6) is 1.57. The van der Waals surface area contributed by atoms with Gasteiger partial charge in [0.2, 0.25) is 0 Å². The third kappa shape index (κ3) is 1.93. The van der Waals surface area contributed by atoms with E-state index in [1.165, 1.54) is 19.3 Å². The molecule has 0 saturated heterocycles. The second-order valence-electron chi connectivity index (χ2n) is 4.87. The molecule has 2 heterocycles. The SMILES string of the molecule is C1=CC2/C=C\C3CC=CCC3CC(C1)O2. The molecule has 3 rings (SSSR count). The smallest absolute Gasteiger partial charge is 0.0941 e. The van der Waals surface area contributed by atoms with Crippen molar-refractivity contribution in [2.75, 3.05) is 0 Å². The second kappa shape index (κ2) is 3.97. The van der Waals surface area contributed by atoms with Crippen molar-refractivity contribution in [2.45, 2.75) is 37.9 Å². The van der Waals surface area contributed by atoms with Crippen molar-refractivity contribution < 1.29 is 4.74 Å². The number of hydrogen-bond donors (Lipinski definition) is 0. The Balaban J connectivity index is 1.85. The van der Waals surface area contributed by atoms with Crippen LogP contribution in [0.1, 0.15) is 25.7 Å². The zero-order valence-electron chi connectivity index (χ0n) is 9.01. The average molecular weight is 202 g/mol. The van der Waals surface area contributed by atoms with Crippen LogP contribution in [0.25, 0.3) is 0 Å². The summed E-state index contributed by atoms with van der Waals surface area (Å²) >= 11 is 0. The summed E-state index contributed by atoms with van der Waals surface area (Å²) < 4.78 is 5.98. The molecule has 15 heavy (non-hydrogen) atoms. The van der Waals surface area contributed by atoms with E-state index in [2.05, 4.69) is 36.5 Å². The van der Waals surface area contributed by atoms with Gasteiger partial charge in [0, 0.05) is 0 Å². The molecule has 3 aliphatic rings. The fourth-order valence-electron chi connectivity index (χ4n) is 2.94. The first kappa shape index (κ1) is 9.41. The Morgan fingerprint density at radius 2 is 1.80 bits per heavy atom. The minimum Gasteiger partial charge on any atom is -0.366 e. The van der Waals surface area contributed by atoms with Crippen LogP contribution in [-0.2, 0) is 4.74 Å². The predicted molar refractivity (Wildman–Crippen MR) is 61.5 cm³/mol. The Kier molecular flexibility index (Phi) is 2.49. The zero-order valence-corrected chi connectivity index (χ0v) is 9.01. The molecule has 0 aromatic rings. The molecule has 1 aliphatic carbocycles. The van der Waals surface area contributed by atoms with Gasteiger partial charge in [-0.1, -0.05) is 36.5 Å². The zero-order chi connectivity index (χ0) is 10.1. The molecule has 0 spiro atoms. The maximum Gasteiger partial charge on any atom is 0.0941 e. The Bertz CT molecular complexity index is 313. The van der Waals surface area contributed by atoms with Gasteiger partial charge >= 0.3 is 0 Å². The van der Waals surface area contributed by atoms with Gasteiger partial charge in [-0.3, -0.25) is 0 Å². The van der Waals surface area contributed by atoms with E-state index in [-0.39, 0.29) is 6.10 Å². The molecule has 1 heteroatoms. The molecule has 4 atom stereocenters. The van der Waals surface area contributed by atoms with Gasteiger partial charge in [-0.15, -0.1) is 0 Å². The first-order valence-corrected chi connectivity index (χ1v) is 6.07. The Morgan fingerprint density at radius 1 is 0.867 bits per heavy atom. The maximum absolute atomic E-state index is 5.98. The monoisotopic (exact) mass is 202 g/mol. The van der Waals surface area contributed by atoms with Gasteiger partial charge in [-0.05, 0) is 37.5 Å². The van der Waals surface area contributed by atoms with Crippen LogP contribution in [-0.4, -0.2) is 12.2 Å². The van der Waals surface area contributed by atoms with E-state index in [9.17, 15) is 0 Å². The standard InChI is InChI=1S/C14H18O/c1-2-5-12-10-14-7-3-6-13(15-14)9-8-11(12)4-1/h1-3,6,8-9,11-14H,4-5,7,10H2/b9-8-. The minimum absolute atomic E-state index is 0.246. The first-order chi connectivity index (χ1) is 7.42. The van der Waals surface area contributed by atoms with Crippen molar-refractivity contribution in [1.29, 1.82) is 0 Å². The van der Waals surface area contributed by atoms with Gasteiger partial charge in [-0.2, -0.15) is 0 Å². The van der Waals surface area contributed by atoms with Gasteiger partial charge in [0.1, 0.15) is 0 Å². The van der Waals surface area contributed by atoms with E-state index < -0.39 is 0 Å². The van der Waals surface area contributed by atoms with Crippen molar-refractivity contribution >= 4 is 0 Å². The lowest BCUT2D eigenvalue weighted by Gasteiger charge is -2.34. The molecule has 2 bridgehead atoms. The molecular formula is C14H18O. The highest BCUT2D eigenvalue weighted by Crippen LogP contribution is 2.34. The second-order valence-corrected chi connectivity index (χ2v) is 4.87. The van der Waals surface area contributed by atoms with Crippen LogP contribution in [0.3, 0.4) is 0 Å². The number of ether oxygens (including phenoxy) is 1. The highest BCUT2D eigenvalue weighted by Gasteiger charge is 2.28. The van der Waals surface area contributed by atoms with Crippen molar-refractivity contribution in [3.8, 4) is 0 Å². The van der Waals surface area contributed by atoms with Crippen molar-refractivity contribution in [2.24, 2.45) is 11.8 Å². The molecule has 0 radical (unpaired) electrons. The number of rotatable bonds is 0. The van der Waals surface area contributed by atoms with Crippen molar-refractivity contribution in [3.05, 3.63) is 36.5 Å². The summed E-state index contributed by atoms with van der Waals surface area (Å²) in [7, 11) is 0. The maximum atomic E-state index is 5.98. The van der Waals surface area contributed by atoms with Gasteiger partial charge in [0.15, 0.2) is 0 Å². The highest BCUT2D eigenvalue weighted by atomic mass is 16.5. The van der Waals surface area contributed by atoms with Crippen molar-refractivity contribution in [1.82, 2.24) is 0 Å². The lowest BCUT2D eigenvalue weighted by atomic mass is 9.78. The average Bonchev–Trinajstić information content (AvgIpc) is 2.27. The van der Waals surface area contributed by atoms with Crippen LogP contribution in [0.4, 0.5) is 0 Å². The van der Waals surface area contributed by atoms with E-state index in [0.29, 0.717) is 6.10 Å². The van der Waals surface area contributed by atoms with Crippen LogP contribution in [0.15, 0.2) is 36.5 Å². The molecular weight excluding hydrogens is 184 g/mol. The fourth-order valence-corrected chi connectivity index (χ4v) is 2.94. The fraction of sp³-hybridized carbons (Fsp3) is 0.571. The van der Waals surface area contributed by atoms with E-state index in [1.54, 1.807) is 0 Å². The van der Waals surface area contributed by atoms with Crippen molar-refractivity contribution in [3.63, 3.8) is 0 Å². The number of allylic oxidation sites excluding steroid dienone is 3. The lowest BCUT2D eigenvalue weighted by molar-refractivity contribution is 0.00572. The van der Waals surface area contributed by atoms with Gasteiger partial charge in [0.05, 0.1) is 12.2 Å². The molecule has 4 unspecified atom stereocenters. The van der Waals surface area contributed by atoms with Gasteiger partial charge < -0.3 is 4.74 Å². The lowest BCUT2D eigenvalue weighted by Crippen LogP contribution is -2.30. The van der Waals surface area contributed by atoms with Crippen LogP contribution >= 0.6 is 0 Å². The molecule has 0 fully saturated rings. The Labute approximate surface area is 91.5 Å². The van der Waals surface area contributed by atoms with Crippen LogP contribution < -0.4 is 0 Å². The Morgan fingerprint density at radius 3 is 2.80 bits per heavy atom. The number of fused-ring (bicyclic) bond motifs is 3. The minimum atomic E-state index is 0.246. The van der Waals surface area contributed by atoms with Crippen LogP contribution in [0.2, 0.25) is 0 Å². The summed E-state index contributed by atoms with van der Waals surface area (Å²) in [5.41, 5.74) is 0. The van der Waals surface area contributed by atoms with E-state index in [4.69, 9.17) is 4.74 Å². The molecule has 1 nitrogen and oxygen atoms in total. The summed E-state index contributed by atoms with van der Waals surface area (Å²) in [6, 6.07) is 0. The third-order valence-corrected chi connectivity index (χ3v) is 3.81. The van der Waals surface area contributed by atoms with E-state index in [0.717, 1.165) is 18.3 Å². The summed E-state index contributed by atoms with van der Waals surface area (Å²) in [5, 5.41) is 0. The van der Waals surface area contributed by atoms with E-state index in [1.807, 2.05) is 0 Å². The van der Waals surface area contributed by atoms with E-state index >= 15 is 0 Å². The van der Waals surface area contributed by atoms with Gasteiger partial charge in [-0.25, -0.2) is 0 Å². The number of hydrogen-bond acceptors (Lipinski definition) is 1. The first-order valence-electron chi connectivity index (χ1n) is 6.07. The molecule has 2 aliphatic heterocycles. The molecule has 80 valence electrons.